The van der Waals surface area contributed by atoms with Crippen molar-refractivity contribution in [2.24, 2.45) is 5.92 Å². The van der Waals surface area contributed by atoms with Crippen molar-refractivity contribution in [3.8, 4) is 0 Å². The van der Waals surface area contributed by atoms with Crippen LogP contribution >= 0.6 is 0 Å². The van der Waals surface area contributed by atoms with Crippen molar-refractivity contribution in [3.05, 3.63) is 35.4 Å². The number of carbonyl (C=O) groups excluding carboxylic acids is 1. The predicted octanol–water partition coefficient (Wildman–Crippen LogP) is 3.59. The molecule has 1 atom stereocenters. The molecule has 3 heteroatoms. The van der Waals surface area contributed by atoms with Gasteiger partial charge < -0.3 is 10.1 Å². The fourth-order valence-corrected chi connectivity index (χ4v) is 2.65. The highest BCUT2D eigenvalue weighted by molar-refractivity contribution is 5.79. The molecule has 1 aromatic rings. The first kappa shape index (κ1) is 16.0. The molecule has 3 nitrogen and oxygen atoms in total. The van der Waals surface area contributed by atoms with E-state index >= 15 is 0 Å². The Morgan fingerprint density at radius 2 is 1.76 bits per heavy atom. The summed E-state index contributed by atoms with van der Waals surface area (Å²) in [6, 6.07) is 8.61. The molecule has 1 aliphatic heterocycles. The van der Waals surface area contributed by atoms with Crippen LogP contribution in [0.2, 0.25) is 0 Å². The van der Waals surface area contributed by atoms with Crippen molar-refractivity contribution in [2.75, 3.05) is 13.2 Å². The summed E-state index contributed by atoms with van der Waals surface area (Å²) in [6.07, 6.45) is 1.67. The molecule has 1 fully saturated rings. The predicted molar refractivity (Wildman–Crippen MR) is 85.2 cm³/mol. The summed E-state index contributed by atoms with van der Waals surface area (Å²) >= 11 is 0. The van der Waals surface area contributed by atoms with E-state index in [1.54, 1.807) is 0 Å². The Kier molecular flexibility index (Phi) is 5.04. The Balaban J connectivity index is 1.96. The van der Waals surface area contributed by atoms with Crippen LogP contribution in [-0.4, -0.2) is 19.1 Å². The molecule has 1 saturated heterocycles. The highest BCUT2D eigenvalue weighted by Crippen LogP contribution is 2.24. The number of hydrogen-bond acceptors (Lipinski definition) is 2. The third-order valence-electron chi connectivity index (χ3n) is 4.23. The normalized spacial score (nSPS) is 18.3. The van der Waals surface area contributed by atoms with E-state index in [1.807, 2.05) is 6.92 Å². The van der Waals surface area contributed by atoms with E-state index in [-0.39, 0.29) is 23.3 Å². The van der Waals surface area contributed by atoms with Gasteiger partial charge in [-0.3, -0.25) is 4.79 Å². The third-order valence-corrected chi connectivity index (χ3v) is 4.23. The Bertz CT molecular complexity index is 467. The molecular formula is C18H27NO2. The number of hydrogen-bond donors (Lipinski definition) is 1. The SMILES string of the molecule is CC(NC(=O)C1CCOCC1)c1ccc(C(C)(C)C)cc1. The molecule has 21 heavy (non-hydrogen) atoms. The highest BCUT2D eigenvalue weighted by atomic mass is 16.5. The topological polar surface area (TPSA) is 38.3 Å². The zero-order valence-corrected chi connectivity index (χ0v) is 13.6. The Hall–Kier alpha value is -1.35. The van der Waals surface area contributed by atoms with E-state index in [0.29, 0.717) is 13.2 Å². The molecule has 116 valence electrons. The summed E-state index contributed by atoms with van der Waals surface area (Å²) < 4.78 is 5.30. The van der Waals surface area contributed by atoms with Gasteiger partial charge in [0, 0.05) is 19.1 Å². The summed E-state index contributed by atoms with van der Waals surface area (Å²) in [5.74, 6) is 0.265. The monoisotopic (exact) mass is 289 g/mol. The molecular weight excluding hydrogens is 262 g/mol. The summed E-state index contributed by atoms with van der Waals surface area (Å²) in [6.45, 7) is 10.1. The smallest absolute Gasteiger partial charge is 0.223 e. The van der Waals surface area contributed by atoms with Crippen LogP contribution in [-0.2, 0) is 14.9 Å². The van der Waals surface area contributed by atoms with Gasteiger partial charge >= 0.3 is 0 Å². The molecule has 1 unspecified atom stereocenters. The summed E-state index contributed by atoms with van der Waals surface area (Å²) in [5.41, 5.74) is 2.63. The van der Waals surface area contributed by atoms with Crippen LogP contribution in [0.15, 0.2) is 24.3 Å². The minimum absolute atomic E-state index is 0.0503. The number of nitrogens with one attached hydrogen (secondary N) is 1. The standard InChI is InChI=1S/C18H27NO2/c1-13(19-17(20)15-9-11-21-12-10-15)14-5-7-16(8-6-14)18(2,3)4/h5-8,13,15H,9-12H2,1-4H3,(H,19,20). The van der Waals surface area contributed by atoms with Crippen molar-refractivity contribution in [3.63, 3.8) is 0 Å². The molecule has 1 heterocycles. The molecule has 1 amide bonds. The lowest BCUT2D eigenvalue weighted by atomic mass is 9.86. The van der Waals surface area contributed by atoms with Crippen LogP contribution in [0, 0.1) is 5.92 Å². The number of carbonyl (C=O) groups is 1. The Labute approximate surface area is 128 Å². The summed E-state index contributed by atoms with van der Waals surface area (Å²) in [5, 5.41) is 3.13. The second kappa shape index (κ2) is 6.61. The van der Waals surface area contributed by atoms with Crippen LogP contribution < -0.4 is 5.32 Å². The van der Waals surface area contributed by atoms with E-state index in [1.165, 1.54) is 5.56 Å². The van der Waals surface area contributed by atoms with Crippen LogP contribution in [0.1, 0.15) is 57.7 Å². The summed E-state index contributed by atoms with van der Waals surface area (Å²) in [7, 11) is 0. The number of amides is 1. The maximum atomic E-state index is 12.2. The van der Waals surface area contributed by atoms with Gasteiger partial charge in [0.05, 0.1) is 6.04 Å². The van der Waals surface area contributed by atoms with Crippen molar-refractivity contribution in [2.45, 2.75) is 52.0 Å². The lowest BCUT2D eigenvalue weighted by molar-refractivity contribution is -0.128. The molecule has 0 saturated carbocycles. The van der Waals surface area contributed by atoms with Gasteiger partial charge in [-0.05, 0) is 36.3 Å². The first-order valence-corrected chi connectivity index (χ1v) is 7.86. The largest absolute Gasteiger partial charge is 0.381 e. The first-order valence-electron chi connectivity index (χ1n) is 7.86. The maximum Gasteiger partial charge on any atom is 0.223 e. The van der Waals surface area contributed by atoms with Crippen molar-refractivity contribution in [1.82, 2.24) is 5.32 Å². The average molecular weight is 289 g/mol. The van der Waals surface area contributed by atoms with Crippen LogP contribution in [0.4, 0.5) is 0 Å². The third kappa shape index (κ3) is 4.31. The maximum absolute atomic E-state index is 12.2. The first-order chi connectivity index (χ1) is 9.88. The van der Waals surface area contributed by atoms with Gasteiger partial charge in [0.2, 0.25) is 5.91 Å². The van der Waals surface area contributed by atoms with Crippen LogP contribution in [0.3, 0.4) is 0 Å². The zero-order chi connectivity index (χ0) is 15.5. The molecule has 0 aromatic heterocycles. The van der Waals surface area contributed by atoms with E-state index in [2.05, 4.69) is 50.4 Å². The van der Waals surface area contributed by atoms with Gasteiger partial charge in [0.15, 0.2) is 0 Å². The number of rotatable bonds is 3. The molecule has 0 radical (unpaired) electrons. The molecule has 1 N–H and O–H groups in total. The minimum atomic E-state index is 0.0503. The minimum Gasteiger partial charge on any atom is -0.381 e. The lowest BCUT2D eigenvalue weighted by Gasteiger charge is -2.24. The molecule has 2 rings (SSSR count). The van der Waals surface area contributed by atoms with Crippen LogP contribution in [0.25, 0.3) is 0 Å². The number of ether oxygens (including phenoxy) is 1. The van der Waals surface area contributed by atoms with Gasteiger partial charge in [-0.2, -0.15) is 0 Å². The summed E-state index contributed by atoms with van der Waals surface area (Å²) in [4.78, 5) is 12.2. The number of benzene rings is 1. The molecule has 1 aliphatic rings. The van der Waals surface area contributed by atoms with Crippen molar-refractivity contribution in [1.29, 1.82) is 0 Å². The van der Waals surface area contributed by atoms with Gasteiger partial charge in [-0.25, -0.2) is 0 Å². The molecule has 0 bridgehead atoms. The van der Waals surface area contributed by atoms with Crippen LogP contribution in [0.5, 0.6) is 0 Å². The molecule has 0 aliphatic carbocycles. The zero-order valence-electron chi connectivity index (χ0n) is 13.6. The van der Waals surface area contributed by atoms with Gasteiger partial charge in [0.1, 0.15) is 0 Å². The van der Waals surface area contributed by atoms with E-state index in [4.69, 9.17) is 4.74 Å². The molecule has 1 aromatic carbocycles. The van der Waals surface area contributed by atoms with Gasteiger partial charge in [0.25, 0.3) is 0 Å². The van der Waals surface area contributed by atoms with E-state index in [9.17, 15) is 4.79 Å². The van der Waals surface area contributed by atoms with E-state index < -0.39 is 0 Å². The van der Waals surface area contributed by atoms with E-state index in [0.717, 1.165) is 18.4 Å². The van der Waals surface area contributed by atoms with Gasteiger partial charge in [-0.15, -0.1) is 0 Å². The Morgan fingerprint density at radius 1 is 1.19 bits per heavy atom. The lowest BCUT2D eigenvalue weighted by Crippen LogP contribution is -2.35. The van der Waals surface area contributed by atoms with Crippen molar-refractivity contribution < 1.29 is 9.53 Å². The second-order valence-corrected chi connectivity index (χ2v) is 6.99. The quantitative estimate of drug-likeness (QED) is 0.923. The highest BCUT2D eigenvalue weighted by Gasteiger charge is 2.23. The fourth-order valence-electron chi connectivity index (χ4n) is 2.65. The Morgan fingerprint density at radius 3 is 2.29 bits per heavy atom. The second-order valence-electron chi connectivity index (χ2n) is 6.99. The van der Waals surface area contributed by atoms with Gasteiger partial charge in [-0.1, -0.05) is 45.0 Å². The van der Waals surface area contributed by atoms with Crippen molar-refractivity contribution >= 4 is 5.91 Å². The molecule has 0 spiro atoms. The fraction of sp³-hybridized carbons (Fsp3) is 0.611. The average Bonchev–Trinajstić information content (AvgIpc) is 2.47.